The highest BCUT2D eigenvalue weighted by molar-refractivity contribution is 7.81. The van der Waals surface area contributed by atoms with Crippen LogP contribution in [0.15, 0.2) is 0 Å². The Morgan fingerprint density at radius 3 is 1.84 bits per heavy atom. The molecule has 25 heavy (non-hydrogen) atoms. The lowest BCUT2D eigenvalue weighted by Crippen LogP contribution is -2.40. The number of rotatable bonds is 4. The predicted octanol–water partition coefficient (Wildman–Crippen LogP) is 3.21. The van der Waals surface area contributed by atoms with Crippen LogP contribution in [0.5, 0.6) is 5.75 Å². The van der Waals surface area contributed by atoms with Gasteiger partial charge in [-0.3, -0.25) is 0 Å². The van der Waals surface area contributed by atoms with E-state index in [0.29, 0.717) is 0 Å². The molecule has 1 aromatic carbocycles. The Hall–Kier alpha value is -1.78. The van der Waals surface area contributed by atoms with Crippen molar-refractivity contribution in [2.24, 2.45) is 0 Å². The largest absolute Gasteiger partial charge is 0.510 e. The molecule has 0 saturated heterocycles. The number of benzene rings is 1. The second kappa shape index (κ2) is 6.51. The second-order valence-corrected chi connectivity index (χ2v) is 7.50. The average molecular weight is 385 g/mol. The average Bonchev–Trinajstić information content (AvgIpc) is 2.29. The van der Waals surface area contributed by atoms with Gasteiger partial charge in [-0.15, -0.1) is 0 Å². The molecule has 11 heteroatoms. The third-order valence-corrected chi connectivity index (χ3v) is 3.72. The van der Waals surface area contributed by atoms with Crippen LogP contribution in [0, 0.1) is 20.8 Å². The molecule has 0 spiro atoms. The minimum Gasteiger partial charge on any atom is -0.456 e. The minimum atomic E-state index is -5.63. The monoisotopic (exact) mass is 385 g/mol. The van der Waals surface area contributed by atoms with E-state index in [4.69, 9.17) is 4.74 Å². The minimum absolute atomic E-state index is 0.255. The van der Waals surface area contributed by atoms with E-state index in [1.54, 1.807) is 0 Å². The molecule has 0 aliphatic rings. The lowest BCUT2D eigenvalue weighted by molar-refractivity contribution is 0.00676. The molecule has 0 amide bonds. The van der Waals surface area contributed by atoms with E-state index in [9.17, 15) is 30.0 Å². The molecule has 0 fully saturated rings. The van der Waals surface area contributed by atoms with Gasteiger partial charge in [0.25, 0.3) is 0 Å². The molecule has 0 N–H and O–H groups in total. The van der Waals surface area contributed by atoms with E-state index >= 15 is 0 Å². The fourth-order valence-electron chi connectivity index (χ4n) is 2.57. The topological polar surface area (TPSA) is 69.7 Å². The van der Waals surface area contributed by atoms with Crippen molar-refractivity contribution >= 4 is 28.9 Å². The number of halogens is 4. The molecule has 142 valence electrons. The van der Waals surface area contributed by atoms with Gasteiger partial charge in [-0.1, -0.05) is 14.9 Å². The maximum absolute atomic E-state index is 13.4. The molecular formula is C14H18BF4O5S-. The van der Waals surface area contributed by atoms with Crippen LogP contribution in [0.3, 0.4) is 0 Å². The fourth-order valence-corrected chi connectivity index (χ4v) is 3.01. The number of carbonyl (C=O) groups is 1. The fraction of sp³-hybridized carbons (Fsp3) is 0.500. The summed E-state index contributed by atoms with van der Waals surface area (Å²) in [4.78, 5) is 12.3. The van der Waals surface area contributed by atoms with Crippen molar-refractivity contribution in [2.75, 3.05) is 0 Å². The summed E-state index contributed by atoms with van der Waals surface area (Å²) in [6.07, 6.45) is 0. The van der Waals surface area contributed by atoms with Crippen molar-refractivity contribution in [3.8, 4) is 5.75 Å². The van der Waals surface area contributed by atoms with E-state index in [2.05, 4.69) is 4.18 Å². The number of ether oxygens (including phenoxy) is 1. The zero-order chi connectivity index (χ0) is 20.0. The first-order valence-electron chi connectivity index (χ1n) is 7.16. The van der Waals surface area contributed by atoms with Crippen LogP contribution in [0.1, 0.15) is 47.8 Å². The summed E-state index contributed by atoms with van der Waals surface area (Å²) in [6.45, 7) is 2.09. The molecule has 0 heterocycles. The van der Waals surface area contributed by atoms with E-state index in [1.165, 1.54) is 20.8 Å². The lowest BCUT2D eigenvalue weighted by atomic mass is 9.71. The Labute approximate surface area is 143 Å². The SMILES string of the molecule is Cc1c(OS(=O)(=O)F)c(C)c([B-](F)(F)F)c(C)c1C(=O)OC(C)(C)C. The van der Waals surface area contributed by atoms with Gasteiger partial charge in [0.05, 0.1) is 5.56 Å². The van der Waals surface area contributed by atoms with Crippen LogP contribution in [0.4, 0.5) is 16.8 Å². The van der Waals surface area contributed by atoms with E-state index in [-0.39, 0.29) is 5.56 Å². The quantitative estimate of drug-likeness (QED) is 0.345. The Kier molecular flexibility index (Phi) is 5.54. The molecule has 0 atom stereocenters. The lowest BCUT2D eigenvalue weighted by Gasteiger charge is -2.27. The van der Waals surface area contributed by atoms with Gasteiger partial charge < -0.3 is 21.9 Å². The predicted molar refractivity (Wildman–Crippen MR) is 85.2 cm³/mol. The third-order valence-electron chi connectivity index (χ3n) is 3.35. The van der Waals surface area contributed by atoms with Gasteiger partial charge in [0.15, 0.2) is 0 Å². The molecule has 1 rings (SSSR count). The second-order valence-electron chi connectivity index (χ2n) is 6.55. The number of carbonyl (C=O) groups excluding carboxylic acids is 1. The highest BCUT2D eigenvalue weighted by atomic mass is 32.3. The molecular weight excluding hydrogens is 367 g/mol. The van der Waals surface area contributed by atoms with Gasteiger partial charge >= 0.3 is 23.5 Å². The summed E-state index contributed by atoms with van der Waals surface area (Å²) in [5.41, 5.74) is -4.03. The molecule has 0 unspecified atom stereocenters. The van der Waals surface area contributed by atoms with Crippen molar-refractivity contribution in [2.45, 2.75) is 47.1 Å². The number of hydrogen-bond acceptors (Lipinski definition) is 5. The van der Waals surface area contributed by atoms with Crippen LogP contribution in [-0.2, 0) is 15.2 Å². The Morgan fingerprint density at radius 2 is 1.48 bits per heavy atom. The highest BCUT2D eigenvalue weighted by Gasteiger charge is 2.36. The van der Waals surface area contributed by atoms with Crippen molar-refractivity contribution in [3.63, 3.8) is 0 Å². The highest BCUT2D eigenvalue weighted by Crippen LogP contribution is 2.33. The van der Waals surface area contributed by atoms with Crippen LogP contribution in [0.2, 0.25) is 0 Å². The van der Waals surface area contributed by atoms with Gasteiger partial charge in [0.2, 0.25) is 0 Å². The Morgan fingerprint density at radius 1 is 1.00 bits per heavy atom. The molecule has 0 aromatic heterocycles. The summed E-state index contributed by atoms with van der Waals surface area (Å²) < 4.78 is 84.0. The van der Waals surface area contributed by atoms with Gasteiger partial charge in [-0.2, -0.15) is 8.42 Å². The maximum atomic E-state index is 13.4. The van der Waals surface area contributed by atoms with Gasteiger partial charge in [-0.25, -0.2) is 4.79 Å². The first-order valence-corrected chi connectivity index (χ1v) is 8.47. The van der Waals surface area contributed by atoms with Gasteiger partial charge in [0, 0.05) is 5.56 Å². The first-order chi connectivity index (χ1) is 11.0. The Balaban J connectivity index is 3.83. The van der Waals surface area contributed by atoms with Crippen molar-refractivity contribution in [1.82, 2.24) is 0 Å². The summed E-state index contributed by atoms with van der Waals surface area (Å²) >= 11 is 0. The van der Waals surface area contributed by atoms with Crippen molar-refractivity contribution in [1.29, 1.82) is 0 Å². The Bertz CT molecular complexity index is 810. The standard InChI is InChI=1S/C14H18BF4O5S/c1-7-10(13(20)23-14(4,5)6)8(2)12(24-25(19,21)22)9(3)11(7)15(16,17)18/h1-6H3/q-1. The van der Waals surface area contributed by atoms with E-state index in [0.717, 1.165) is 20.8 Å². The van der Waals surface area contributed by atoms with Gasteiger partial charge in [-0.05, 0) is 47.1 Å². The molecule has 0 aliphatic heterocycles. The first kappa shape index (κ1) is 21.3. The maximum Gasteiger partial charge on any atom is 0.510 e. The van der Waals surface area contributed by atoms with E-state index in [1.807, 2.05) is 0 Å². The third kappa shape index (κ3) is 5.10. The van der Waals surface area contributed by atoms with E-state index < -0.39 is 57.0 Å². The van der Waals surface area contributed by atoms with Crippen LogP contribution in [-0.4, -0.2) is 27.0 Å². The van der Waals surface area contributed by atoms with Crippen molar-refractivity contribution < 1.29 is 39.0 Å². The van der Waals surface area contributed by atoms with Crippen molar-refractivity contribution in [3.05, 3.63) is 22.3 Å². The summed E-state index contributed by atoms with van der Waals surface area (Å²) in [5, 5.41) is 0. The summed E-state index contributed by atoms with van der Waals surface area (Å²) in [6, 6.07) is 0. The van der Waals surface area contributed by atoms with Gasteiger partial charge in [0.1, 0.15) is 11.4 Å². The summed E-state index contributed by atoms with van der Waals surface area (Å²) in [7, 11) is -5.59. The zero-order valence-electron chi connectivity index (χ0n) is 14.5. The normalized spacial score (nSPS) is 12.9. The van der Waals surface area contributed by atoms with Crippen LogP contribution < -0.4 is 9.65 Å². The zero-order valence-corrected chi connectivity index (χ0v) is 15.4. The molecule has 5 nitrogen and oxygen atoms in total. The molecule has 0 aliphatic carbocycles. The number of hydrogen-bond donors (Lipinski definition) is 0. The summed E-state index contributed by atoms with van der Waals surface area (Å²) in [5.74, 6) is -1.96. The van der Waals surface area contributed by atoms with Crippen LogP contribution in [0.25, 0.3) is 0 Å². The molecule has 1 aromatic rings. The molecule has 0 saturated carbocycles. The van der Waals surface area contributed by atoms with Crippen LogP contribution >= 0.6 is 0 Å². The molecule has 0 radical (unpaired) electrons. The smallest absolute Gasteiger partial charge is 0.456 e. The molecule has 0 bridgehead atoms. The number of esters is 1.